The fourth-order valence-electron chi connectivity index (χ4n) is 1.76. The van der Waals surface area contributed by atoms with Gasteiger partial charge in [-0.05, 0) is 30.2 Å². The number of carbonyl (C=O) groups is 2. The summed E-state index contributed by atoms with van der Waals surface area (Å²) in [6.45, 7) is 3.03. The van der Waals surface area contributed by atoms with Crippen LogP contribution in [0.1, 0.15) is 28.4 Å². The summed E-state index contributed by atoms with van der Waals surface area (Å²) >= 11 is 0. The van der Waals surface area contributed by atoms with Crippen LogP contribution in [0.15, 0.2) is 18.2 Å². The third kappa shape index (κ3) is 4.34. The molecule has 20 heavy (non-hydrogen) atoms. The Morgan fingerprint density at radius 3 is 2.40 bits per heavy atom. The monoisotopic (exact) mass is 299 g/mol. The van der Waals surface area contributed by atoms with E-state index >= 15 is 0 Å². The van der Waals surface area contributed by atoms with Crippen molar-refractivity contribution < 1.29 is 23.1 Å². The minimum Gasteiger partial charge on any atom is -0.481 e. The molecule has 0 aromatic heterocycles. The molecule has 0 aliphatic carbocycles. The van der Waals surface area contributed by atoms with Crippen LogP contribution in [0.4, 0.5) is 0 Å². The normalized spacial score (nSPS) is 12.9. The van der Waals surface area contributed by atoms with Crippen LogP contribution in [-0.4, -0.2) is 31.2 Å². The molecule has 0 radical (unpaired) electrons. The highest BCUT2D eigenvalue weighted by molar-refractivity contribution is 7.90. The Kier molecular flexibility index (Phi) is 4.88. The fraction of sp³-hybridized carbons (Fsp3) is 0.385. The summed E-state index contributed by atoms with van der Waals surface area (Å²) in [5.41, 5.74) is 6.61. The molecule has 0 saturated heterocycles. The maximum absolute atomic E-state index is 11.9. The number of aryl methyl sites for hydroxylation is 1. The number of nitrogens with two attached hydrogens (primary N) is 1. The zero-order valence-corrected chi connectivity index (χ0v) is 12.1. The molecule has 0 saturated carbocycles. The van der Waals surface area contributed by atoms with E-state index in [2.05, 4.69) is 0 Å². The Hall–Kier alpha value is -1.89. The second-order valence-electron chi connectivity index (χ2n) is 4.80. The van der Waals surface area contributed by atoms with Gasteiger partial charge in [-0.1, -0.05) is 13.0 Å². The van der Waals surface area contributed by atoms with Crippen molar-refractivity contribution in [2.24, 2.45) is 11.7 Å². The van der Waals surface area contributed by atoms with Gasteiger partial charge in [0.15, 0.2) is 9.84 Å². The van der Waals surface area contributed by atoms with E-state index in [-0.39, 0.29) is 5.75 Å². The predicted octanol–water partition coefficient (Wildman–Crippen LogP) is 0.729. The first-order valence-electron chi connectivity index (χ1n) is 5.95. The molecule has 1 unspecified atom stereocenters. The van der Waals surface area contributed by atoms with Crippen LogP contribution in [0.5, 0.6) is 0 Å². The smallest absolute Gasteiger partial charge is 0.307 e. The average molecular weight is 299 g/mol. The molecule has 0 aliphatic heterocycles. The van der Waals surface area contributed by atoms with Gasteiger partial charge in [-0.15, -0.1) is 0 Å². The van der Waals surface area contributed by atoms with E-state index in [9.17, 15) is 18.0 Å². The first-order valence-corrected chi connectivity index (χ1v) is 7.77. The Bertz CT molecular complexity index is 636. The van der Waals surface area contributed by atoms with Gasteiger partial charge in [-0.2, -0.15) is 0 Å². The SMILES string of the molecule is Cc1cc(C(N)=O)ccc1CS(=O)(=O)CC(C)C(=O)O. The molecule has 0 spiro atoms. The van der Waals surface area contributed by atoms with Crippen molar-refractivity contribution in [1.82, 2.24) is 0 Å². The average Bonchev–Trinajstić information content (AvgIpc) is 2.30. The Balaban J connectivity index is 2.93. The summed E-state index contributed by atoms with van der Waals surface area (Å²) < 4.78 is 23.9. The van der Waals surface area contributed by atoms with Crippen LogP contribution >= 0.6 is 0 Å². The van der Waals surface area contributed by atoms with Crippen LogP contribution < -0.4 is 5.73 Å². The summed E-state index contributed by atoms with van der Waals surface area (Å²) in [6.07, 6.45) is 0. The van der Waals surface area contributed by atoms with Crippen LogP contribution in [0.3, 0.4) is 0 Å². The summed E-state index contributed by atoms with van der Waals surface area (Å²) in [5, 5.41) is 8.75. The summed E-state index contributed by atoms with van der Waals surface area (Å²) in [4.78, 5) is 21.7. The lowest BCUT2D eigenvalue weighted by Gasteiger charge is -2.10. The molecule has 1 atom stereocenters. The minimum atomic E-state index is -3.53. The third-order valence-electron chi connectivity index (χ3n) is 2.93. The quantitative estimate of drug-likeness (QED) is 0.803. The van der Waals surface area contributed by atoms with Crippen LogP contribution in [0.2, 0.25) is 0 Å². The Morgan fingerprint density at radius 1 is 1.35 bits per heavy atom. The highest BCUT2D eigenvalue weighted by Crippen LogP contribution is 2.16. The molecule has 3 N–H and O–H groups in total. The van der Waals surface area contributed by atoms with Crippen molar-refractivity contribution in [3.63, 3.8) is 0 Å². The molecule has 0 aliphatic rings. The second-order valence-corrected chi connectivity index (χ2v) is 6.91. The number of amides is 1. The van der Waals surface area contributed by atoms with Gasteiger partial charge in [0.05, 0.1) is 17.4 Å². The van der Waals surface area contributed by atoms with Gasteiger partial charge in [0.25, 0.3) is 0 Å². The highest BCUT2D eigenvalue weighted by atomic mass is 32.2. The highest BCUT2D eigenvalue weighted by Gasteiger charge is 2.22. The van der Waals surface area contributed by atoms with Gasteiger partial charge in [-0.25, -0.2) is 8.42 Å². The molecule has 1 rings (SSSR count). The van der Waals surface area contributed by atoms with Crippen molar-refractivity contribution in [1.29, 1.82) is 0 Å². The largest absolute Gasteiger partial charge is 0.481 e. The molecule has 0 bridgehead atoms. The number of carbonyl (C=O) groups excluding carboxylic acids is 1. The van der Waals surface area contributed by atoms with Crippen LogP contribution in [0, 0.1) is 12.8 Å². The van der Waals surface area contributed by atoms with E-state index in [0.717, 1.165) is 0 Å². The number of hydrogen-bond donors (Lipinski definition) is 2. The number of carboxylic acid groups (broad SMARTS) is 1. The van der Waals surface area contributed by atoms with E-state index in [1.54, 1.807) is 6.92 Å². The third-order valence-corrected chi connectivity index (χ3v) is 4.69. The van der Waals surface area contributed by atoms with E-state index in [1.165, 1.54) is 25.1 Å². The van der Waals surface area contributed by atoms with E-state index in [0.29, 0.717) is 16.7 Å². The maximum atomic E-state index is 11.9. The molecular weight excluding hydrogens is 282 g/mol. The zero-order valence-electron chi connectivity index (χ0n) is 11.3. The van der Waals surface area contributed by atoms with Crippen molar-refractivity contribution in [3.05, 3.63) is 34.9 Å². The first kappa shape index (κ1) is 16.2. The molecule has 1 aromatic carbocycles. The Morgan fingerprint density at radius 2 is 1.95 bits per heavy atom. The van der Waals surface area contributed by atoms with Gasteiger partial charge in [-0.3, -0.25) is 9.59 Å². The molecule has 0 fully saturated rings. The molecule has 6 nitrogen and oxygen atoms in total. The number of sulfone groups is 1. The first-order chi connectivity index (χ1) is 9.12. The molecular formula is C13H17NO5S. The number of rotatable bonds is 6. The van der Waals surface area contributed by atoms with Gasteiger partial charge >= 0.3 is 5.97 Å². The molecule has 0 heterocycles. The van der Waals surface area contributed by atoms with Crippen molar-refractivity contribution in [3.8, 4) is 0 Å². The lowest BCUT2D eigenvalue weighted by molar-refractivity contribution is -0.140. The number of benzene rings is 1. The molecule has 1 amide bonds. The summed E-state index contributed by atoms with van der Waals surface area (Å²) in [6, 6.07) is 4.51. The van der Waals surface area contributed by atoms with E-state index in [4.69, 9.17) is 10.8 Å². The standard InChI is InChI=1S/C13H17NO5S/c1-8-5-10(12(14)15)3-4-11(8)7-20(18,19)6-9(2)13(16)17/h3-5,9H,6-7H2,1-2H3,(H2,14,15)(H,16,17). The van der Waals surface area contributed by atoms with Gasteiger partial charge in [0, 0.05) is 5.56 Å². The predicted molar refractivity (Wildman–Crippen MR) is 74.0 cm³/mol. The van der Waals surface area contributed by atoms with E-state index < -0.39 is 33.4 Å². The van der Waals surface area contributed by atoms with Gasteiger partial charge in [0.2, 0.25) is 5.91 Å². The number of hydrogen-bond acceptors (Lipinski definition) is 4. The number of primary amides is 1. The lowest BCUT2D eigenvalue weighted by Crippen LogP contribution is -2.22. The molecule has 1 aromatic rings. The van der Waals surface area contributed by atoms with Crippen LogP contribution in [0.25, 0.3) is 0 Å². The van der Waals surface area contributed by atoms with Crippen molar-refractivity contribution in [2.45, 2.75) is 19.6 Å². The number of aliphatic carboxylic acids is 1. The maximum Gasteiger partial charge on any atom is 0.307 e. The van der Waals surface area contributed by atoms with E-state index in [1.807, 2.05) is 0 Å². The summed E-state index contributed by atoms with van der Waals surface area (Å²) in [7, 11) is -3.53. The summed E-state index contributed by atoms with van der Waals surface area (Å²) in [5.74, 6) is -3.35. The molecule has 7 heteroatoms. The molecule has 110 valence electrons. The van der Waals surface area contributed by atoms with Crippen LogP contribution in [-0.2, 0) is 20.4 Å². The Labute approximate surface area is 117 Å². The second kappa shape index (κ2) is 6.04. The van der Waals surface area contributed by atoms with Crippen molar-refractivity contribution in [2.75, 3.05) is 5.75 Å². The minimum absolute atomic E-state index is 0.254. The topological polar surface area (TPSA) is 115 Å². The van der Waals surface area contributed by atoms with Gasteiger partial charge in [0.1, 0.15) is 0 Å². The zero-order chi connectivity index (χ0) is 15.5. The van der Waals surface area contributed by atoms with Crippen molar-refractivity contribution >= 4 is 21.7 Å². The fourth-order valence-corrected chi connectivity index (χ4v) is 3.58. The van der Waals surface area contributed by atoms with Gasteiger partial charge < -0.3 is 10.8 Å². The number of carboxylic acids is 1. The lowest BCUT2D eigenvalue weighted by atomic mass is 10.1.